The van der Waals surface area contributed by atoms with Crippen LogP contribution in [-0.2, 0) is 0 Å². The van der Waals surface area contributed by atoms with Crippen LogP contribution in [0.25, 0.3) is 0 Å². The number of aromatic hydroxyl groups is 2. The van der Waals surface area contributed by atoms with Crippen LogP contribution in [0.3, 0.4) is 0 Å². The minimum Gasteiger partial charge on any atom is -0.508 e. The second kappa shape index (κ2) is 2.92. The third kappa shape index (κ3) is 1.60. The van der Waals surface area contributed by atoms with Gasteiger partial charge in [-0.3, -0.25) is 0 Å². The van der Waals surface area contributed by atoms with Crippen LogP contribution >= 0.6 is 0 Å². The van der Waals surface area contributed by atoms with Crippen LogP contribution < -0.4 is 5.73 Å². The zero-order valence-corrected chi connectivity index (χ0v) is 7.27. The highest BCUT2D eigenvalue weighted by Gasteiger charge is 2.30. The van der Waals surface area contributed by atoms with Crippen LogP contribution in [0.1, 0.15) is 24.4 Å². The maximum atomic E-state index is 9.50. The van der Waals surface area contributed by atoms with Crippen LogP contribution in [0.4, 0.5) is 0 Å². The van der Waals surface area contributed by atoms with E-state index in [1.807, 2.05) is 0 Å². The van der Waals surface area contributed by atoms with Gasteiger partial charge in [-0.1, -0.05) is 6.07 Å². The summed E-state index contributed by atoms with van der Waals surface area (Å²) in [6.07, 6.45) is 2.28. The van der Waals surface area contributed by atoms with Gasteiger partial charge in [0.1, 0.15) is 11.5 Å². The molecule has 0 aromatic heterocycles. The Hall–Kier alpha value is -1.22. The third-order valence-electron chi connectivity index (χ3n) is 2.50. The predicted octanol–water partition coefficient (Wildman–Crippen LogP) is 1.51. The number of benzene rings is 1. The van der Waals surface area contributed by atoms with Gasteiger partial charge in [0, 0.05) is 17.7 Å². The Bertz CT molecular complexity index is 321. The monoisotopic (exact) mass is 179 g/mol. The molecule has 3 heteroatoms. The van der Waals surface area contributed by atoms with Crippen molar-refractivity contribution in [2.45, 2.75) is 18.9 Å². The van der Waals surface area contributed by atoms with Gasteiger partial charge in [-0.05, 0) is 24.8 Å². The molecule has 70 valence electrons. The summed E-state index contributed by atoms with van der Waals surface area (Å²) in [6, 6.07) is 4.49. The first-order chi connectivity index (χ1) is 6.18. The summed E-state index contributed by atoms with van der Waals surface area (Å²) in [4.78, 5) is 0. The van der Waals surface area contributed by atoms with Crippen molar-refractivity contribution in [3.63, 3.8) is 0 Å². The molecular formula is C10H13NO2. The summed E-state index contributed by atoms with van der Waals surface area (Å²) >= 11 is 0. The van der Waals surface area contributed by atoms with E-state index in [0.717, 1.165) is 18.4 Å². The third-order valence-corrected chi connectivity index (χ3v) is 2.50. The van der Waals surface area contributed by atoms with Crippen LogP contribution in [-0.4, -0.2) is 10.2 Å². The van der Waals surface area contributed by atoms with Crippen molar-refractivity contribution in [1.82, 2.24) is 0 Å². The fourth-order valence-electron chi connectivity index (χ4n) is 1.52. The summed E-state index contributed by atoms with van der Waals surface area (Å²) in [6.45, 7) is 0. The predicted molar refractivity (Wildman–Crippen MR) is 49.4 cm³/mol. The molecule has 1 aromatic rings. The molecule has 3 nitrogen and oxygen atoms in total. The lowest BCUT2D eigenvalue weighted by Crippen LogP contribution is -2.12. The van der Waals surface area contributed by atoms with Gasteiger partial charge in [-0.2, -0.15) is 0 Å². The number of hydrogen-bond acceptors (Lipinski definition) is 3. The van der Waals surface area contributed by atoms with Crippen molar-refractivity contribution in [2.75, 3.05) is 0 Å². The number of phenolic OH excluding ortho intramolecular Hbond substituents is 2. The van der Waals surface area contributed by atoms with E-state index in [1.54, 1.807) is 12.1 Å². The van der Waals surface area contributed by atoms with Crippen molar-refractivity contribution >= 4 is 0 Å². The normalized spacial score (nSPS) is 18.5. The minimum absolute atomic E-state index is 0.0734. The van der Waals surface area contributed by atoms with E-state index in [2.05, 4.69) is 0 Å². The molecule has 0 heterocycles. The average Bonchev–Trinajstić information content (AvgIpc) is 2.85. The van der Waals surface area contributed by atoms with Gasteiger partial charge in [0.05, 0.1) is 0 Å². The molecule has 0 amide bonds. The molecule has 0 unspecified atom stereocenters. The SMILES string of the molecule is N[C@@H](c1ccc(O)cc1O)C1CC1. The standard InChI is InChI=1S/C10H13NO2/c11-10(6-1-2-6)8-4-3-7(12)5-9(8)13/h3-6,10,12-13H,1-2,11H2/t10-/m1/s1. The summed E-state index contributed by atoms with van der Waals surface area (Å²) in [7, 11) is 0. The van der Waals surface area contributed by atoms with E-state index in [-0.39, 0.29) is 17.5 Å². The molecule has 2 rings (SSSR count). The molecule has 0 spiro atoms. The van der Waals surface area contributed by atoms with Gasteiger partial charge in [-0.15, -0.1) is 0 Å². The van der Waals surface area contributed by atoms with Gasteiger partial charge >= 0.3 is 0 Å². The number of phenols is 2. The number of hydrogen-bond donors (Lipinski definition) is 3. The largest absolute Gasteiger partial charge is 0.508 e. The van der Waals surface area contributed by atoms with Crippen molar-refractivity contribution < 1.29 is 10.2 Å². The van der Waals surface area contributed by atoms with Crippen LogP contribution in [0, 0.1) is 5.92 Å². The summed E-state index contributed by atoms with van der Waals surface area (Å²) in [5.41, 5.74) is 6.65. The lowest BCUT2D eigenvalue weighted by molar-refractivity contribution is 0.438. The van der Waals surface area contributed by atoms with E-state index in [9.17, 15) is 5.11 Å². The van der Waals surface area contributed by atoms with E-state index in [0.29, 0.717) is 5.92 Å². The molecule has 1 aliphatic rings. The maximum Gasteiger partial charge on any atom is 0.124 e. The summed E-state index contributed by atoms with van der Waals surface area (Å²) in [5, 5.41) is 18.6. The fourth-order valence-corrected chi connectivity index (χ4v) is 1.52. The number of rotatable bonds is 2. The Morgan fingerprint density at radius 1 is 1.31 bits per heavy atom. The topological polar surface area (TPSA) is 66.5 Å². The highest BCUT2D eigenvalue weighted by atomic mass is 16.3. The number of nitrogens with two attached hydrogens (primary N) is 1. The Balaban J connectivity index is 2.28. The Morgan fingerprint density at radius 2 is 2.00 bits per heavy atom. The molecule has 13 heavy (non-hydrogen) atoms. The van der Waals surface area contributed by atoms with E-state index < -0.39 is 0 Å². The summed E-state index contributed by atoms with van der Waals surface area (Å²) in [5.74, 6) is 0.680. The molecule has 1 fully saturated rings. The average molecular weight is 179 g/mol. The van der Waals surface area contributed by atoms with Gasteiger partial charge < -0.3 is 15.9 Å². The van der Waals surface area contributed by atoms with Gasteiger partial charge in [-0.25, -0.2) is 0 Å². The second-order valence-electron chi connectivity index (χ2n) is 3.61. The lowest BCUT2D eigenvalue weighted by atomic mass is 10.0. The molecule has 1 saturated carbocycles. The molecule has 0 saturated heterocycles. The quantitative estimate of drug-likeness (QED) is 0.644. The Kier molecular flexibility index (Phi) is 1.88. The highest BCUT2D eigenvalue weighted by Crippen LogP contribution is 2.42. The molecule has 0 radical (unpaired) electrons. The smallest absolute Gasteiger partial charge is 0.124 e. The van der Waals surface area contributed by atoms with Crippen molar-refractivity contribution in [3.8, 4) is 11.5 Å². The first-order valence-electron chi connectivity index (χ1n) is 4.46. The van der Waals surface area contributed by atoms with Gasteiger partial charge in [0.15, 0.2) is 0 Å². The van der Waals surface area contributed by atoms with Crippen molar-refractivity contribution in [3.05, 3.63) is 23.8 Å². The van der Waals surface area contributed by atoms with Gasteiger partial charge in [0.2, 0.25) is 0 Å². The van der Waals surface area contributed by atoms with Crippen LogP contribution in [0.2, 0.25) is 0 Å². The van der Waals surface area contributed by atoms with Crippen LogP contribution in [0.5, 0.6) is 11.5 Å². The first kappa shape index (κ1) is 8.38. The molecule has 4 N–H and O–H groups in total. The molecule has 0 bridgehead atoms. The molecule has 0 aliphatic heterocycles. The van der Waals surface area contributed by atoms with Crippen molar-refractivity contribution in [1.29, 1.82) is 0 Å². The summed E-state index contributed by atoms with van der Waals surface area (Å²) < 4.78 is 0. The molecular weight excluding hydrogens is 166 g/mol. The first-order valence-corrected chi connectivity index (χ1v) is 4.46. The maximum absolute atomic E-state index is 9.50. The lowest BCUT2D eigenvalue weighted by Gasteiger charge is -2.12. The highest BCUT2D eigenvalue weighted by molar-refractivity contribution is 5.41. The van der Waals surface area contributed by atoms with E-state index >= 15 is 0 Å². The Morgan fingerprint density at radius 3 is 2.54 bits per heavy atom. The van der Waals surface area contributed by atoms with E-state index in [4.69, 9.17) is 10.8 Å². The Labute approximate surface area is 76.8 Å². The second-order valence-corrected chi connectivity index (χ2v) is 3.61. The molecule has 1 aromatic carbocycles. The van der Waals surface area contributed by atoms with E-state index in [1.165, 1.54) is 6.07 Å². The molecule has 1 aliphatic carbocycles. The van der Waals surface area contributed by atoms with Gasteiger partial charge in [0.25, 0.3) is 0 Å². The fraction of sp³-hybridized carbons (Fsp3) is 0.400. The zero-order chi connectivity index (χ0) is 9.42. The zero-order valence-electron chi connectivity index (χ0n) is 7.27. The van der Waals surface area contributed by atoms with Crippen LogP contribution in [0.15, 0.2) is 18.2 Å². The van der Waals surface area contributed by atoms with Crippen molar-refractivity contribution in [2.24, 2.45) is 11.7 Å². The molecule has 1 atom stereocenters. The minimum atomic E-state index is -0.0828.